The summed E-state index contributed by atoms with van der Waals surface area (Å²) in [4.78, 5) is 30.4. The minimum Gasteiger partial charge on any atom is -0.358 e. The first kappa shape index (κ1) is 16.2. The van der Waals surface area contributed by atoms with E-state index < -0.39 is 0 Å². The predicted molar refractivity (Wildman–Crippen MR) is 87.3 cm³/mol. The summed E-state index contributed by atoms with van der Waals surface area (Å²) in [6.45, 7) is 4.10. The molecule has 5 heteroatoms. The van der Waals surface area contributed by atoms with E-state index in [1.807, 2.05) is 45.2 Å². The van der Waals surface area contributed by atoms with Crippen LogP contribution in [-0.4, -0.2) is 55.3 Å². The lowest BCUT2D eigenvalue weighted by atomic mass is 10.0. The number of nitrogens with one attached hydrogen (secondary N) is 2. The number of carbonyl (C=O) groups excluding carboxylic acids is 2. The fourth-order valence-electron chi connectivity index (χ4n) is 2.58. The molecule has 0 spiro atoms. The van der Waals surface area contributed by atoms with Gasteiger partial charge in [-0.25, -0.2) is 0 Å². The molecule has 0 aliphatic carbocycles. The predicted octanol–water partition coefficient (Wildman–Crippen LogP) is 0.650. The molecule has 1 unspecified atom stereocenters. The summed E-state index contributed by atoms with van der Waals surface area (Å²) in [5.41, 5.74) is 2.59. The molecule has 2 atom stereocenters. The van der Waals surface area contributed by atoms with Crippen LogP contribution in [0.25, 0.3) is 10.9 Å². The lowest BCUT2D eigenvalue weighted by molar-refractivity contribution is -0.885. The van der Waals surface area contributed by atoms with Crippen LogP contribution < -0.4 is 4.90 Å². The van der Waals surface area contributed by atoms with Crippen LogP contribution in [0.5, 0.6) is 0 Å². The minimum atomic E-state index is -0.276. The number of aryl methyl sites for hydroxylation is 1. The van der Waals surface area contributed by atoms with Crippen LogP contribution in [0.3, 0.4) is 0 Å². The number of quaternary nitrogens is 1. The van der Waals surface area contributed by atoms with Crippen molar-refractivity contribution in [2.45, 2.75) is 19.9 Å². The first-order chi connectivity index (χ1) is 10.3. The van der Waals surface area contributed by atoms with E-state index in [-0.39, 0.29) is 17.7 Å². The van der Waals surface area contributed by atoms with Crippen molar-refractivity contribution in [3.05, 3.63) is 35.5 Å². The van der Waals surface area contributed by atoms with Crippen molar-refractivity contribution in [3.63, 3.8) is 0 Å². The lowest BCUT2D eigenvalue weighted by Gasteiger charge is -2.21. The molecule has 0 saturated carbocycles. The van der Waals surface area contributed by atoms with Crippen LogP contribution in [0.1, 0.15) is 23.0 Å². The quantitative estimate of drug-likeness (QED) is 0.797. The average Bonchev–Trinajstić information content (AvgIpc) is 2.81. The summed E-state index contributed by atoms with van der Waals surface area (Å²) in [5.74, 6) is 0.0896. The number of hydrogen-bond donors (Lipinski definition) is 2. The maximum Gasteiger partial charge on any atom is 0.277 e. The van der Waals surface area contributed by atoms with Crippen LogP contribution in [-0.2, 0) is 4.79 Å². The van der Waals surface area contributed by atoms with Gasteiger partial charge in [-0.15, -0.1) is 0 Å². The Morgan fingerprint density at radius 2 is 1.91 bits per heavy atom. The highest BCUT2D eigenvalue weighted by molar-refractivity contribution is 6.10. The summed E-state index contributed by atoms with van der Waals surface area (Å²) in [7, 11) is 5.34. The van der Waals surface area contributed by atoms with Crippen molar-refractivity contribution in [3.8, 4) is 0 Å². The molecule has 118 valence electrons. The first-order valence-corrected chi connectivity index (χ1v) is 7.47. The zero-order chi connectivity index (χ0) is 16.4. The number of H-pyrrole nitrogens is 1. The number of nitrogens with zero attached hydrogens (tertiary/aromatic N) is 1. The van der Waals surface area contributed by atoms with E-state index in [4.69, 9.17) is 0 Å². The maximum atomic E-state index is 12.9. The largest absolute Gasteiger partial charge is 0.358 e. The van der Waals surface area contributed by atoms with Gasteiger partial charge >= 0.3 is 0 Å². The SMILES string of the molecule is Cc1[nH]c2ccccc2c1C(=O)[C@H](C)[NH+](C)CC(=O)N(C)C. The molecular formula is C17H24N3O2+. The number of aromatic nitrogens is 1. The number of Topliss-reactive ketones (excluding diaryl/α,β-unsaturated/α-hetero) is 1. The van der Waals surface area contributed by atoms with Crippen LogP contribution in [0.2, 0.25) is 0 Å². The second-order valence-electron chi connectivity index (χ2n) is 6.07. The van der Waals surface area contributed by atoms with Gasteiger partial charge in [-0.3, -0.25) is 9.59 Å². The molecule has 1 aromatic carbocycles. The van der Waals surface area contributed by atoms with Gasteiger partial charge in [0.05, 0.1) is 12.6 Å². The molecule has 0 saturated heterocycles. The van der Waals surface area contributed by atoms with Crippen LogP contribution in [0.15, 0.2) is 24.3 Å². The molecule has 1 amide bonds. The summed E-state index contributed by atoms with van der Waals surface area (Å²) < 4.78 is 0. The van der Waals surface area contributed by atoms with E-state index in [1.54, 1.807) is 19.0 Å². The van der Waals surface area contributed by atoms with Crippen LogP contribution in [0.4, 0.5) is 0 Å². The Labute approximate surface area is 130 Å². The van der Waals surface area contributed by atoms with E-state index in [0.29, 0.717) is 6.54 Å². The van der Waals surface area contributed by atoms with Gasteiger partial charge in [0.1, 0.15) is 6.04 Å². The van der Waals surface area contributed by atoms with E-state index in [9.17, 15) is 9.59 Å². The van der Waals surface area contributed by atoms with Gasteiger partial charge in [0.15, 0.2) is 6.54 Å². The van der Waals surface area contributed by atoms with Crippen molar-refractivity contribution >= 4 is 22.6 Å². The van der Waals surface area contributed by atoms with Gasteiger partial charge in [0.2, 0.25) is 5.78 Å². The molecule has 0 bridgehead atoms. The topological polar surface area (TPSA) is 57.6 Å². The highest BCUT2D eigenvalue weighted by Crippen LogP contribution is 2.22. The number of fused-ring (bicyclic) bond motifs is 1. The number of para-hydroxylation sites is 1. The summed E-state index contributed by atoms with van der Waals surface area (Å²) in [6, 6.07) is 7.53. The van der Waals surface area contributed by atoms with E-state index in [2.05, 4.69) is 4.98 Å². The Morgan fingerprint density at radius 3 is 2.55 bits per heavy atom. The Morgan fingerprint density at radius 1 is 1.27 bits per heavy atom. The molecule has 0 fully saturated rings. The van der Waals surface area contributed by atoms with Crippen molar-refractivity contribution in [1.29, 1.82) is 0 Å². The van der Waals surface area contributed by atoms with E-state index in [0.717, 1.165) is 27.1 Å². The fraction of sp³-hybridized carbons (Fsp3) is 0.412. The molecule has 22 heavy (non-hydrogen) atoms. The zero-order valence-corrected chi connectivity index (χ0v) is 13.9. The van der Waals surface area contributed by atoms with E-state index >= 15 is 0 Å². The van der Waals surface area contributed by atoms with Crippen molar-refractivity contribution in [2.24, 2.45) is 0 Å². The first-order valence-electron chi connectivity index (χ1n) is 7.47. The number of amides is 1. The molecule has 0 aliphatic heterocycles. The molecule has 1 heterocycles. The van der Waals surface area contributed by atoms with Gasteiger partial charge in [-0.1, -0.05) is 18.2 Å². The summed E-state index contributed by atoms with van der Waals surface area (Å²) >= 11 is 0. The van der Waals surface area contributed by atoms with Gasteiger partial charge in [0.25, 0.3) is 5.91 Å². The molecule has 2 rings (SSSR count). The van der Waals surface area contributed by atoms with Gasteiger partial charge in [0, 0.05) is 30.7 Å². The minimum absolute atomic E-state index is 0.0211. The van der Waals surface area contributed by atoms with Crippen molar-refractivity contribution < 1.29 is 14.5 Å². The molecule has 5 nitrogen and oxygen atoms in total. The van der Waals surface area contributed by atoms with Crippen LogP contribution in [0, 0.1) is 6.92 Å². The van der Waals surface area contributed by atoms with Crippen molar-refractivity contribution in [1.82, 2.24) is 9.88 Å². The molecule has 2 aromatic rings. The van der Waals surface area contributed by atoms with Crippen LogP contribution >= 0.6 is 0 Å². The second-order valence-corrected chi connectivity index (χ2v) is 6.07. The van der Waals surface area contributed by atoms with Gasteiger partial charge in [-0.2, -0.15) is 0 Å². The number of aromatic amines is 1. The number of ketones is 1. The Balaban J connectivity index is 2.26. The fourth-order valence-corrected chi connectivity index (χ4v) is 2.58. The van der Waals surface area contributed by atoms with Gasteiger partial charge < -0.3 is 14.8 Å². The highest BCUT2D eigenvalue weighted by Gasteiger charge is 2.28. The number of hydrogen-bond acceptors (Lipinski definition) is 2. The third kappa shape index (κ3) is 3.04. The second kappa shape index (κ2) is 6.32. The smallest absolute Gasteiger partial charge is 0.277 e. The standard InChI is InChI=1S/C17H23N3O2/c1-11-16(13-8-6-7-9-14(13)18-11)17(22)12(2)20(5)10-15(21)19(3)4/h6-9,12,18H,10H2,1-5H3/p+1/t12-/m0/s1. The maximum absolute atomic E-state index is 12.9. The number of likely N-dealkylation sites (N-methyl/N-ethyl adjacent to an activating group) is 2. The third-order valence-corrected chi connectivity index (χ3v) is 4.20. The lowest BCUT2D eigenvalue weighted by Crippen LogP contribution is -3.14. The monoisotopic (exact) mass is 302 g/mol. The molecular weight excluding hydrogens is 278 g/mol. The average molecular weight is 302 g/mol. The van der Waals surface area contributed by atoms with Crippen molar-refractivity contribution in [2.75, 3.05) is 27.7 Å². The normalized spacial score (nSPS) is 13.9. The highest BCUT2D eigenvalue weighted by atomic mass is 16.2. The Hall–Kier alpha value is -2.14. The number of carbonyl (C=O) groups is 2. The molecule has 1 aromatic heterocycles. The Kier molecular flexibility index (Phi) is 4.66. The Bertz CT molecular complexity index is 703. The van der Waals surface area contributed by atoms with E-state index in [1.165, 1.54) is 0 Å². The molecule has 0 aliphatic rings. The number of rotatable bonds is 5. The number of benzene rings is 1. The molecule has 2 N–H and O–H groups in total. The zero-order valence-electron chi connectivity index (χ0n) is 13.9. The van der Waals surface area contributed by atoms with Gasteiger partial charge in [-0.05, 0) is 19.9 Å². The third-order valence-electron chi connectivity index (χ3n) is 4.20. The summed E-state index contributed by atoms with van der Waals surface area (Å²) in [6.07, 6.45) is 0. The molecule has 0 radical (unpaired) electrons. The summed E-state index contributed by atoms with van der Waals surface area (Å²) in [5, 5.41) is 0.948.